The molecule has 0 aliphatic heterocycles. The van der Waals surface area contributed by atoms with E-state index in [1.165, 1.54) is 24.3 Å². The minimum atomic E-state index is -0.331. The number of rotatable bonds is 3. The summed E-state index contributed by atoms with van der Waals surface area (Å²) in [4.78, 5) is 16.0. The van der Waals surface area contributed by atoms with Crippen molar-refractivity contribution < 1.29 is 8.78 Å². The zero-order valence-corrected chi connectivity index (χ0v) is 12.9. The van der Waals surface area contributed by atoms with Gasteiger partial charge in [-0.05, 0) is 36.4 Å². The molecule has 1 N–H and O–H groups in total. The molecule has 6 heteroatoms. The van der Waals surface area contributed by atoms with Crippen LogP contribution >= 0.6 is 0 Å². The molecule has 2 aromatic carbocycles. The van der Waals surface area contributed by atoms with Crippen molar-refractivity contribution in [3.05, 3.63) is 78.8 Å². The standard InChI is InChI=1S/C19H12F2N4/c20-15-6-4-12(5-7-15)19-24-11-17(25-19)14-9-22-18(23-10-14)13-2-1-3-16(21)8-13/h1-11H,(H,24,25). The second-order valence-electron chi connectivity index (χ2n) is 5.46. The average Bonchev–Trinajstić information content (AvgIpc) is 3.13. The molecule has 2 aromatic heterocycles. The van der Waals surface area contributed by atoms with Crippen LogP contribution in [0.25, 0.3) is 34.0 Å². The van der Waals surface area contributed by atoms with Gasteiger partial charge in [0.2, 0.25) is 0 Å². The molecule has 0 bridgehead atoms. The lowest BCUT2D eigenvalue weighted by Gasteiger charge is -2.02. The number of nitrogens with zero attached hydrogens (tertiary/aromatic N) is 3. The van der Waals surface area contributed by atoms with Gasteiger partial charge in [0, 0.05) is 29.1 Å². The van der Waals surface area contributed by atoms with Crippen LogP contribution in [0, 0.1) is 11.6 Å². The van der Waals surface area contributed by atoms with Gasteiger partial charge >= 0.3 is 0 Å². The van der Waals surface area contributed by atoms with Crippen molar-refractivity contribution in [3.8, 4) is 34.0 Å². The van der Waals surface area contributed by atoms with Gasteiger partial charge in [-0.15, -0.1) is 0 Å². The molecule has 0 unspecified atom stereocenters. The minimum Gasteiger partial charge on any atom is -0.338 e. The summed E-state index contributed by atoms with van der Waals surface area (Å²) in [6.45, 7) is 0. The highest BCUT2D eigenvalue weighted by molar-refractivity contribution is 5.64. The van der Waals surface area contributed by atoms with Crippen molar-refractivity contribution in [2.75, 3.05) is 0 Å². The summed E-state index contributed by atoms with van der Waals surface area (Å²) in [6, 6.07) is 12.2. The molecule has 0 aliphatic rings. The van der Waals surface area contributed by atoms with Crippen LogP contribution in [0.2, 0.25) is 0 Å². The van der Waals surface area contributed by atoms with Gasteiger partial charge in [0.15, 0.2) is 5.82 Å². The number of H-pyrrole nitrogens is 1. The van der Waals surface area contributed by atoms with Gasteiger partial charge in [-0.25, -0.2) is 23.7 Å². The van der Waals surface area contributed by atoms with Gasteiger partial charge in [0.25, 0.3) is 0 Å². The number of benzene rings is 2. The Morgan fingerprint density at radius 1 is 0.680 bits per heavy atom. The summed E-state index contributed by atoms with van der Waals surface area (Å²) in [5, 5.41) is 0. The topological polar surface area (TPSA) is 54.5 Å². The molecule has 0 amide bonds. The fourth-order valence-corrected chi connectivity index (χ4v) is 2.47. The highest BCUT2D eigenvalue weighted by atomic mass is 19.1. The molecule has 122 valence electrons. The first-order chi connectivity index (χ1) is 12.2. The quantitative estimate of drug-likeness (QED) is 0.601. The molecular formula is C19H12F2N4. The summed E-state index contributed by atoms with van der Waals surface area (Å²) in [5.41, 5.74) is 2.89. The molecule has 2 heterocycles. The zero-order valence-electron chi connectivity index (χ0n) is 12.9. The lowest BCUT2D eigenvalue weighted by atomic mass is 10.2. The van der Waals surface area contributed by atoms with E-state index in [4.69, 9.17) is 0 Å². The third-order valence-corrected chi connectivity index (χ3v) is 3.74. The van der Waals surface area contributed by atoms with Crippen LogP contribution in [0.5, 0.6) is 0 Å². The molecule has 25 heavy (non-hydrogen) atoms. The van der Waals surface area contributed by atoms with Crippen molar-refractivity contribution in [2.45, 2.75) is 0 Å². The van der Waals surface area contributed by atoms with E-state index in [1.54, 1.807) is 42.9 Å². The maximum absolute atomic E-state index is 13.3. The summed E-state index contributed by atoms with van der Waals surface area (Å²) in [6.07, 6.45) is 4.96. The second kappa shape index (κ2) is 6.24. The van der Waals surface area contributed by atoms with Gasteiger partial charge in [-0.3, -0.25) is 0 Å². The molecule has 4 aromatic rings. The SMILES string of the molecule is Fc1ccc(-c2ncc(-c3cnc(-c4cccc(F)c4)nc3)[nH]2)cc1. The third-order valence-electron chi connectivity index (χ3n) is 3.74. The van der Waals surface area contributed by atoms with Crippen LogP contribution in [-0.2, 0) is 0 Å². The molecular weight excluding hydrogens is 322 g/mol. The Kier molecular flexibility index (Phi) is 3.78. The molecule has 0 atom stereocenters. The maximum atomic E-state index is 13.3. The van der Waals surface area contributed by atoms with Gasteiger partial charge in [-0.1, -0.05) is 12.1 Å². The monoisotopic (exact) mass is 334 g/mol. The normalized spacial score (nSPS) is 10.8. The third kappa shape index (κ3) is 3.14. The highest BCUT2D eigenvalue weighted by Crippen LogP contribution is 2.23. The van der Waals surface area contributed by atoms with E-state index in [0.29, 0.717) is 17.2 Å². The van der Waals surface area contributed by atoms with Crippen molar-refractivity contribution in [2.24, 2.45) is 0 Å². The first kappa shape index (κ1) is 15.1. The number of halogens is 2. The number of nitrogens with one attached hydrogen (secondary N) is 1. The molecule has 0 aliphatic carbocycles. The van der Waals surface area contributed by atoms with E-state index in [1.807, 2.05) is 0 Å². The summed E-state index contributed by atoms with van der Waals surface area (Å²) >= 11 is 0. The smallest absolute Gasteiger partial charge is 0.159 e. The second-order valence-corrected chi connectivity index (χ2v) is 5.46. The van der Waals surface area contributed by atoms with Crippen LogP contribution in [0.15, 0.2) is 67.1 Å². The van der Waals surface area contributed by atoms with E-state index in [-0.39, 0.29) is 11.6 Å². The predicted octanol–water partition coefficient (Wildman–Crippen LogP) is 4.48. The Balaban J connectivity index is 1.61. The van der Waals surface area contributed by atoms with Crippen LogP contribution < -0.4 is 0 Å². The van der Waals surface area contributed by atoms with Gasteiger partial charge < -0.3 is 4.98 Å². The Hall–Kier alpha value is -3.41. The molecule has 4 rings (SSSR count). The number of aromatic amines is 1. The Labute approximate surface area is 142 Å². The molecule has 0 saturated heterocycles. The average molecular weight is 334 g/mol. The van der Waals surface area contributed by atoms with Crippen LogP contribution in [-0.4, -0.2) is 19.9 Å². The lowest BCUT2D eigenvalue weighted by Crippen LogP contribution is -1.90. The van der Waals surface area contributed by atoms with Crippen LogP contribution in [0.1, 0.15) is 0 Å². The van der Waals surface area contributed by atoms with Crippen molar-refractivity contribution in [1.82, 2.24) is 19.9 Å². The first-order valence-corrected chi connectivity index (χ1v) is 7.58. The van der Waals surface area contributed by atoms with Gasteiger partial charge in [0.1, 0.15) is 17.5 Å². The highest BCUT2D eigenvalue weighted by Gasteiger charge is 2.08. The number of hydrogen-bond donors (Lipinski definition) is 1. The Morgan fingerprint density at radius 2 is 1.44 bits per heavy atom. The maximum Gasteiger partial charge on any atom is 0.159 e. The van der Waals surface area contributed by atoms with Crippen LogP contribution in [0.3, 0.4) is 0 Å². The lowest BCUT2D eigenvalue weighted by molar-refractivity contribution is 0.627. The number of hydrogen-bond acceptors (Lipinski definition) is 3. The van der Waals surface area contributed by atoms with E-state index < -0.39 is 0 Å². The summed E-state index contributed by atoms with van der Waals surface area (Å²) in [7, 11) is 0. The molecule has 0 spiro atoms. The number of aromatic nitrogens is 4. The first-order valence-electron chi connectivity index (χ1n) is 7.58. The fourth-order valence-electron chi connectivity index (χ4n) is 2.47. The van der Waals surface area contributed by atoms with Crippen LogP contribution in [0.4, 0.5) is 8.78 Å². The zero-order chi connectivity index (χ0) is 17.2. The Morgan fingerprint density at radius 3 is 2.16 bits per heavy atom. The van der Waals surface area contributed by atoms with E-state index >= 15 is 0 Å². The van der Waals surface area contributed by atoms with Crippen molar-refractivity contribution in [3.63, 3.8) is 0 Å². The summed E-state index contributed by atoms with van der Waals surface area (Å²) in [5.74, 6) is 0.449. The molecule has 4 nitrogen and oxygen atoms in total. The molecule has 0 saturated carbocycles. The number of imidazole rings is 1. The fraction of sp³-hybridized carbons (Fsp3) is 0. The summed E-state index contributed by atoms with van der Waals surface area (Å²) < 4.78 is 26.3. The molecule has 0 radical (unpaired) electrons. The predicted molar refractivity (Wildman–Crippen MR) is 90.4 cm³/mol. The van der Waals surface area contributed by atoms with Crippen molar-refractivity contribution in [1.29, 1.82) is 0 Å². The van der Waals surface area contributed by atoms with E-state index in [0.717, 1.165) is 16.8 Å². The minimum absolute atomic E-state index is 0.295. The van der Waals surface area contributed by atoms with E-state index in [9.17, 15) is 8.78 Å². The van der Waals surface area contributed by atoms with Gasteiger partial charge in [-0.2, -0.15) is 0 Å². The van der Waals surface area contributed by atoms with E-state index in [2.05, 4.69) is 19.9 Å². The van der Waals surface area contributed by atoms with Gasteiger partial charge in [0.05, 0.1) is 11.9 Å². The molecule has 0 fully saturated rings. The Bertz CT molecular complexity index is 1010. The van der Waals surface area contributed by atoms with Crippen molar-refractivity contribution >= 4 is 0 Å². The largest absolute Gasteiger partial charge is 0.338 e.